The van der Waals surface area contributed by atoms with Crippen LogP contribution in [0.1, 0.15) is 57.4 Å². The van der Waals surface area contributed by atoms with Crippen LogP contribution in [0, 0.1) is 5.92 Å². The minimum Gasteiger partial charge on any atom is -0.481 e. The molecule has 0 aliphatic heterocycles. The van der Waals surface area contributed by atoms with Gasteiger partial charge in [-0.25, -0.2) is 0 Å². The molecule has 4 heteroatoms. The van der Waals surface area contributed by atoms with Gasteiger partial charge in [-0.1, -0.05) is 69.4 Å². The van der Waals surface area contributed by atoms with E-state index in [-0.39, 0.29) is 13.0 Å². The minimum absolute atomic E-state index is 0.151. The molecule has 0 aliphatic carbocycles. The molecule has 0 aromatic heterocycles. The molecule has 0 aliphatic rings. The average Bonchev–Trinajstić information content (AvgIpc) is 2.52. The van der Waals surface area contributed by atoms with Gasteiger partial charge in [0.1, 0.15) is 6.61 Å². The minimum atomic E-state index is -0.949. The Morgan fingerprint density at radius 1 is 1.09 bits per heavy atom. The van der Waals surface area contributed by atoms with E-state index in [4.69, 9.17) is 9.84 Å². The van der Waals surface area contributed by atoms with Gasteiger partial charge in [0.2, 0.25) is 0 Å². The van der Waals surface area contributed by atoms with Crippen molar-refractivity contribution in [3.63, 3.8) is 0 Å². The van der Waals surface area contributed by atoms with Crippen LogP contribution in [0.15, 0.2) is 30.3 Å². The molecule has 1 N–H and O–H groups in total. The maximum Gasteiger partial charge on any atom is 0.309 e. The summed E-state index contributed by atoms with van der Waals surface area (Å²) in [4.78, 5) is 23.0. The van der Waals surface area contributed by atoms with Crippen LogP contribution < -0.4 is 0 Å². The van der Waals surface area contributed by atoms with Gasteiger partial charge in [0.05, 0.1) is 12.3 Å². The molecule has 0 fully saturated rings. The molecule has 1 atom stereocenters. The van der Waals surface area contributed by atoms with Gasteiger partial charge in [-0.2, -0.15) is 0 Å². The molecule has 0 spiro atoms. The maximum absolute atomic E-state index is 12.1. The second-order valence-electron chi connectivity index (χ2n) is 5.59. The predicted molar refractivity (Wildman–Crippen MR) is 85.4 cm³/mol. The number of benzene rings is 1. The van der Waals surface area contributed by atoms with Gasteiger partial charge in [-0.05, 0) is 12.0 Å². The largest absolute Gasteiger partial charge is 0.481 e. The van der Waals surface area contributed by atoms with Crippen LogP contribution in [0.4, 0.5) is 0 Å². The fourth-order valence-electron chi connectivity index (χ4n) is 2.35. The molecule has 22 heavy (non-hydrogen) atoms. The summed E-state index contributed by atoms with van der Waals surface area (Å²) in [6.07, 6.45) is 5.83. The molecule has 4 nitrogen and oxygen atoms in total. The molecule has 0 radical (unpaired) electrons. The number of aliphatic carboxylic acids is 1. The van der Waals surface area contributed by atoms with E-state index in [1.54, 1.807) is 0 Å². The SMILES string of the molecule is CCCCCCCC(CC(=O)O)C(=O)OCc1ccccc1. The lowest BCUT2D eigenvalue weighted by atomic mass is 9.97. The number of unbranched alkanes of at least 4 members (excludes halogenated alkanes) is 4. The lowest BCUT2D eigenvalue weighted by molar-refractivity contribution is -0.154. The van der Waals surface area contributed by atoms with Gasteiger partial charge in [0.25, 0.3) is 0 Å². The van der Waals surface area contributed by atoms with Gasteiger partial charge in [0.15, 0.2) is 0 Å². The molecule has 1 aromatic rings. The highest BCUT2D eigenvalue weighted by Crippen LogP contribution is 2.17. The Labute approximate surface area is 132 Å². The standard InChI is InChI=1S/C18H26O4/c1-2-3-4-5-9-12-16(13-17(19)20)18(21)22-14-15-10-7-6-8-11-15/h6-8,10-11,16H,2-5,9,12-14H2,1H3,(H,19,20). The zero-order valence-corrected chi connectivity index (χ0v) is 13.3. The summed E-state index contributed by atoms with van der Waals surface area (Å²) < 4.78 is 5.27. The zero-order chi connectivity index (χ0) is 16.2. The summed E-state index contributed by atoms with van der Waals surface area (Å²) in [5.41, 5.74) is 0.910. The van der Waals surface area contributed by atoms with E-state index >= 15 is 0 Å². The third-order valence-corrected chi connectivity index (χ3v) is 3.63. The molecular weight excluding hydrogens is 280 g/mol. The summed E-state index contributed by atoms with van der Waals surface area (Å²) in [5.74, 6) is -1.89. The van der Waals surface area contributed by atoms with Crippen LogP contribution >= 0.6 is 0 Å². The van der Waals surface area contributed by atoms with Crippen molar-refractivity contribution in [2.24, 2.45) is 5.92 Å². The Morgan fingerprint density at radius 2 is 1.77 bits per heavy atom. The van der Waals surface area contributed by atoms with Crippen LogP contribution in [-0.4, -0.2) is 17.0 Å². The number of carboxylic acids is 1. The molecule has 1 aromatic carbocycles. The first-order valence-electron chi connectivity index (χ1n) is 8.05. The van der Waals surface area contributed by atoms with Crippen LogP contribution in [0.5, 0.6) is 0 Å². The average molecular weight is 306 g/mol. The number of ether oxygens (including phenoxy) is 1. The number of carbonyl (C=O) groups is 2. The van der Waals surface area contributed by atoms with Gasteiger partial charge >= 0.3 is 11.9 Å². The first-order valence-corrected chi connectivity index (χ1v) is 8.05. The van der Waals surface area contributed by atoms with Crippen molar-refractivity contribution in [1.29, 1.82) is 0 Å². The van der Waals surface area contributed by atoms with Crippen LogP contribution in [0.25, 0.3) is 0 Å². The fraction of sp³-hybridized carbons (Fsp3) is 0.556. The van der Waals surface area contributed by atoms with Gasteiger partial charge < -0.3 is 9.84 Å². The smallest absolute Gasteiger partial charge is 0.309 e. The third-order valence-electron chi connectivity index (χ3n) is 3.63. The lowest BCUT2D eigenvalue weighted by Gasteiger charge is -2.14. The van der Waals surface area contributed by atoms with Crippen LogP contribution in [-0.2, 0) is 20.9 Å². The molecule has 1 unspecified atom stereocenters. The van der Waals surface area contributed by atoms with Crippen molar-refractivity contribution in [1.82, 2.24) is 0 Å². The number of rotatable bonds is 11. The zero-order valence-electron chi connectivity index (χ0n) is 13.3. The van der Waals surface area contributed by atoms with Crippen molar-refractivity contribution in [3.05, 3.63) is 35.9 Å². The molecule has 0 bridgehead atoms. The summed E-state index contributed by atoms with van der Waals surface area (Å²) in [6.45, 7) is 2.35. The first kappa shape index (κ1) is 18.2. The maximum atomic E-state index is 12.1. The number of hydrogen-bond donors (Lipinski definition) is 1. The quantitative estimate of drug-likeness (QED) is 0.492. The van der Waals surface area contributed by atoms with Gasteiger partial charge in [-0.15, -0.1) is 0 Å². The Hall–Kier alpha value is -1.84. The summed E-state index contributed by atoms with van der Waals surface area (Å²) in [5, 5.41) is 8.95. The third kappa shape index (κ3) is 7.81. The van der Waals surface area contributed by atoms with Crippen molar-refractivity contribution in [2.75, 3.05) is 0 Å². The Kier molecular flexibility index (Phi) is 8.96. The topological polar surface area (TPSA) is 63.6 Å². The monoisotopic (exact) mass is 306 g/mol. The summed E-state index contributed by atoms with van der Waals surface area (Å²) in [7, 11) is 0. The Bertz CT molecular complexity index is 442. The van der Waals surface area contributed by atoms with E-state index in [1.807, 2.05) is 30.3 Å². The lowest BCUT2D eigenvalue weighted by Crippen LogP contribution is -2.21. The molecule has 0 amide bonds. The molecular formula is C18H26O4. The molecule has 0 saturated carbocycles. The van der Waals surface area contributed by atoms with Crippen molar-refractivity contribution in [2.45, 2.75) is 58.5 Å². The number of hydrogen-bond acceptors (Lipinski definition) is 3. The summed E-state index contributed by atoms with van der Waals surface area (Å²) in [6, 6.07) is 9.42. The normalized spacial score (nSPS) is 11.9. The van der Waals surface area contributed by atoms with E-state index < -0.39 is 17.9 Å². The predicted octanol–water partition coefficient (Wildman–Crippen LogP) is 4.18. The number of carbonyl (C=O) groups excluding carboxylic acids is 1. The van der Waals surface area contributed by atoms with Crippen molar-refractivity contribution >= 4 is 11.9 Å². The van der Waals surface area contributed by atoms with E-state index in [1.165, 1.54) is 6.42 Å². The Balaban J connectivity index is 2.40. The summed E-state index contributed by atoms with van der Waals surface area (Å²) >= 11 is 0. The Morgan fingerprint density at radius 3 is 2.41 bits per heavy atom. The van der Waals surface area contributed by atoms with E-state index in [9.17, 15) is 9.59 Å². The highest BCUT2D eigenvalue weighted by molar-refractivity contribution is 5.79. The van der Waals surface area contributed by atoms with E-state index in [0.717, 1.165) is 31.2 Å². The second-order valence-corrected chi connectivity index (χ2v) is 5.59. The highest BCUT2D eigenvalue weighted by atomic mass is 16.5. The molecule has 122 valence electrons. The van der Waals surface area contributed by atoms with Crippen LogP contribution in [0.2, 0.25) is 0 Å². The molecule has 0 heterocycles. The van der Waals surface area contributed by atoms with Crippen molar-refractivity contribution < 1.29 is 19.4 Å². The van der Waals surface area contributed by atoms with Crippen LogP contribution in [0.3, 0.4) is 0 Å². The van der Waals surface area contributed by atoms with Gasteiger partial charge in [-0.3, -0.25) is 9.59 Å². The second kappa shape index (κ2) is 10.8. The molecule has 0 saturated heterocycles. The van der Waals surface area contributed by atoms with E-state index in [0.29, 0.717) is 6.42 Å². The first-order chi connectivity index (χ1) is 10.6. The molecule has 1 rings (SSSR count). The van der Waals surface area contributed by atoms with E-state index in [2.05, 4.69) is 6.92 Å². The fourth-order valence-corrected chi connectivity index (χ4v) is 2.35. The van der Waals surface area contributed by atoms with Crippen molar-refractivity contribution in [3.8, 4) is 0 Å². The van der Waals surface area contributed by atoms with Gasteiger partial charge in [0, 0.05) is 0 Å². The highest BCUT2D eigenvalue weighted by Gasteiger charge is 2.22. The number of carboxylic acid groups (broad SMARTS) is 1. The number of esters is 1.